The van der Waals surface area contributed by atoms with Crippen molar-refractivity contribution in [3.63, 3.8) is 0 Å². The predicted molar refractivity (Wildman–Crippen MR) is 53.5 cm³/mol. The Balaban J connectivity index is 3.77. The molecule has 0 aromatic carbocycles. The second-order valence-corrected chi connectivity index (χ2v) is 5.28. The molecule has 0 spiro atoms. The van der Waals surface area contributed by atoms with Crippen LogP contribution in [0, 0.1) is 11.3 Å². The van der Waals surface area contributed by atoms with Gasteiger partial charge in [0.2, 0.25) is 5.88 Å². The Hall–Kier alpha value is -1.46. The van der Waals surface area contributed by atoms with Gasteiger partial charge in [-0.15, -0.1) is 0 Å². The van der Waals surface area contributed by atoms with Gasteiger partial charge in [-0.3, -0.25) is 0 Å². The van der Waals surface area contributed by atoms with Crippen molar-refractivity contribution in [1.29, 1.82) is 5.26 Å². The third kappa shape index (κ3) is 2.62. The van der Waals surface area contributed by atoms with E-state index in [9.17, 15) is 17.2 Å². The zero-order valence-corrected chi connectivity index (χ0v) is 9.89. The van der Waals surface area contributed by atoms with Crippen molar-refractivity contribution in [3.8, 4) is 11.9 Å². The molecule has 0 aliphatic heterocycles. The van der Waals surface area contributed by atoms with Gasteiger partial charge >= 0.3 is 0 Å². The Morgan fingerprint density at radius 3 is 2.53 bits per heavy atom. The highest BCUT2D eigenvalue weighted by Gasteiger charge is 2.29. The molecule has 0 aliphatic rings. The van der Waals surface area contributed by atoms with Gasteiger partial charge in [0.1, 0.15) is 16.5 Å². The molecule has 0 unspecified atom stereocenters. The molecule has 0 fully saturated rings. The van der Waals surface area contributed by atoms with Crippen molar-refractivity contribution in [3.05, 3.63) is 17.3 Å². The maximum absolute atomic E-state index is 12.6. The van der Waals surface area contributed by atoms with E-state index in [2.05, 4.69) is 9.72 Å². The lowest BCUT2D eigenvalue weighted by atomic mass is 10.2. The Morgan fingerprint density at radius 1 is 1.59 bits per heavy atom. The zero-order chi connectivity index (χ0) is 13.2. The van der Waals surface area contributed by atoms with E-state index in [1.165, 1.54) is 6.07 Å². The third-order valence-electron chi connectivity index (χ3n) is 1.81. The van der Waals surface area contributed by atoms with Crippen LogP contribution in [-0.2, 0) is 9.05 Å². The van der Waals surface area contributed by atoms with Gasteiger partial charge in [-0.1, -0.05) is 0 Å². The Labute approximate surface area is 100 Å². The predicted octanol–water partition coefficient (Wildman–Crippen LogP) is 1.83. The number of ether oxygens (including phenoxy) is 1. The fourth-order valence-corrected chi connectivity index (χ4v) is 2.46. The van der Waals surface area contributed by atoms with Gasteiger partial charge in [0.25, 0.3) is 15.5 Å². The lowest BCUT2D eigenvalue weighted by molar-refractivity contribution is 0.147. The van der Waals surface area contributed by atoms with E-state index in [0.717, 1.165) is 7.11 Å². The van der Waals surface area contributed by atoms with Crippen LogP contribution in [0.4, 0.5) is 8.78 Å². The van der Waals surface area contributed by atoms with Crippen molar-refractivity contribution >= 4 is 19.7 Å². The summed E-state index contributed by atoms with van der Waals surface area (Å²) in [7, 11) is 1.64. The summed E-state index contributed by atoms with van der Waals surface area (Å²) in [6.07, 6.45) is -2.51. The molecule has 17 heavy (non-hydrogen) atoms. The molecule has 0 amide bonds. The molecule has 1 rings (SSSR count). The Kier molecular flexibility index (Phi) is 3.85. The summed E-state index contributed by atoms with van der Waals surface area (Å²) >= 11 is 0. The number of aromatic nitrogens is 1. The zero-order valence-electron chi connectivity index (χ0n) is 8.32. The molecule has 0 N–H and O–H groups in total. The maximum atomic E-state index is 12.6. The monoisotopic (exact) mass is 282 g/mol. The molecule has 0 bridgehead atoms. The molecule has 0 aliphatic carbocycles. The summed E-state index contributed by atoms with van der Waals surface area (Å²) in [5.41, 5.74) is -1.57. The minimum Gasteiger partial charge on any atom is -0.480 e. The summed E-state index contributed by atoms with van der Waals surface area (Å²) < 4.78 is 52.2. The van der Waals surface area contributed by atoms with Crippen LogP contribution in [0.3, 0.4) is 0 Å². The molecular weight excluding hydrogens is 278 g/mol. The summed E-state index contributed by atoms with van der Waals surface area (Å²) in [4.78, 5) is 2.45. The van der Waals surface area contributed by atoms with Gasteiger partial charge in [-0.2, -0.15) is 5.26 Å². The van der Waals surface area contributed by atoms with E-state index >= 15 is 0 Å². The number of pyridine rings is 1. The molecule has 0 atom stereocenters. The van der Waals surface area contributed by atoms with Crippen LogP contribution in [0.2, 0.25) is 0 Å². The van der Waals surface area contributed by atoms with E-state index < -0.39 is 31.5 Å². The molecule has 1 aromatic heterocycles. The highest BCUT2D eigenvalue weighted by Crippen LogP contribution is 2.34. The quantitative estimate of drug-likeness (QED) is 0.790. The van der Waals surface area contributed by atoms with E-state index in [0.29, 0.717) is 6.20 Å². The number of nitrogens with zero attached hydrogens (tertiary/aromatic N) is 2. The van der Waals surface area contributed by atoms with E-state index in [1.54, 1.807) is 0 Å². The minimum atomic E-state index is -4.50. The van der Waals surface area contributed by atoms with Crippen LogP contribution in [0.5, 0.6) is 5.88 Å². The van der Waals surface area contributed by atoms with Gasteiger partial charge < -0.3 is 4.74 Å². The van der Waals surface area contributed by atoms with Crippen molar-refractivity contribution in [2.75, 3.05) is 7.11 Å². The number of rotatable bonds is 3. The van der Waals surface area contributed by atoms with E-state index in [4.69, 9.17) is 15.9 Å². The van der Waals surface area contributed by atoms with Gasteiger partial charge in [0, 0.05) is 16.9 Å². The molecular formula is C8H5ClF2N2O3S. The highest BCUT2D eigenvalue weighted by molar-refractivity contribution is 8.13. The Morgan fingerprint density at radius 2 is 2.18 bits per heavy atom. The number of halogens is 3. The van der Waals surface area contributed by atoms with Gasteiger partial charge in [0.15, 0.2) is 0 Å². The fraction of sp³-hybridized carbons (Fsp3) is 0.250. The van der Waals surface area contributed by atoms with Crippen molar-refractivity contribution < 1.29 is 21.9 Å². The number of alkyl halides is 2. The van der Waals surface area contributed by atoms with Crippen molar-refractivity contribution in [1.82, 2.24) is 4.98 Å². The standard InChI is InChI=1S/C8H5ClF2N2O3S/c1-16-8-4(2-12)6(17(9,14)15)5(3-13-8)7(10)11/h3,7H,1H3. The molecule has 9 heteroatoms. The van der Waals surface area contributed by atoms with Crippen LogP contribution in [0.15, 0.2) is 11.1 Å². The average molecular weight is 283 g/mol. The summed E-state index contributed by atoms with van der Waals surface area (Å²) in [5, 5.41) is 8.76. The summed E-state index contributed by atoms with van der Waals surface area (Å²) in [5.74, 6) is -0.379. The van der Waals surface area contributed by atoms with Crippen LogP contribution in [0.1, 0.15) is 17.6 Å². The first-order valence-corrected chi connectivity index (χ1v) is 6.33. The first kappa shape index (κ1) is 13.6. The van der Waals surface area contributed by atoms with E-state index in [1.807, 2.05) is 0 Å². The molecule has 0 radical (unpaired) electrons. The van der Waals surface area contributed by atoms with Crippen LogP contribution < -0.4 is 4.74 Å². The topological polar surface area (TPSA) is 80.0 Å². The third-order valence-corrected chi connectivity index (χ3v) is 3.20. The SMILES string of the molecule is COc1ncc(C(F)F)c(S(=O)(=O)Cl)c1C#N. The molecule has 0 saturated heterocycles. The van der Waals surface area contributed by atoms with Crippen LogP contribution in [-0.4, -0.2) is 20.5 Å². The largest absolute Gasteiger partial charge is 0.480 e. The lowest BCUT2D eigenvalue weighted by Crippen LogP contribution is -2.06. The summed E-state index contributed by atoms with van der Waals surface area (Å²) in [6, 6.07) is 1.43. The van der Waals surface area contributed by atoms with Crippen molar-refractivity contribution in [2.45, 2.75) is 11.3 Å². The number of hydrogen-bond acceptors (Lipinski definition) is 5. The molecule has 1 heterocycles. The highest BCUT2D eigenvalue weighted by atomic mass is 35.7. The van der Waals surface area contributed by atoms with Gasteiger partial charge in [0.05, 0.1) is 12.7 Å². The first-order chi connectivity index (χ1) is 7.82. The van der Waals surface area contributed by atoms with E-state index in [-0.39, 0.29) is 5.88 Å². The number of nitriles is 1. The normalized spacial score (nSPS) is 11.3. The number of methoxy groups -OCH3 is 1. The second kappa shape index (κ2) is 4.81. The average Bonchev–Trinajstić information content (AvgIpc) is 2.25. The molecule has 1 aromatic rings. The smallest absolute Gasteiger partial charge is 0.266 e. The van der Waals surface area contributed by atoms with Gasteiger partial charge in [-0.05, 0) is 0 Å². The maximum Gasteiger partial charge on any atom is 0.266 e. The Bertz CT molecular complexity index is 583. The van der Waals surface area contributed by atoms with Crippen LogP contribution >= 0.6 is 10.7 Å². The minimum absolute atomic E-state index is 0.379. The van der Waals surface area contributed by atoms with Crippen LogP contribution in [0.25, 0.3) is 0 Å². The molecule has 92 valence electrons. The summed E-state index contributed by atoms with van der Waals surface area (Å²) in [6.45, 7) is 0. The fourth-order valence-electron chi connectivity index (χ4n) is 1.16. The van der Waals surface area contributed by atoms with Crippen molar-refractivity contribution in [2.24, 2.45) is 0 Å². The number of hydrogen-bond donors (Lipinski definition) is 0. The van der Waals surface area contributed by atoms with Gasteiger partial charge in [-0.25, -0.2) is 22.2 Å². The molecule has 0 saturated carbocycles. The molecule has 5 nitrogen and oxygen atoms in total. The first-order valence-electron chi connectivity index (χ1n) is 4.02. The lowest BCUT2D eigenvalue weighted by Gasteiger charge is -2.09. The second-order valence-electron chi connectivity index (χ2n) is 2.78.